The highest BCUT2D eigenvalue weighted by Crippen LogP contribution is 2.50. The van der Waals surface area contributed by atoms with Crippen LogP contribution in [0.2, 0.25) is 0 Å². The lowest BCUT2D eigenvalue weighted by Gasteiger charge is -2.10. The maximum atomic E-state index is 13.0. The minimum Gasteiger partial charge on any atom is -0.395 e. The molecule has 12 heavy (non-hydrogen) atoms. The standard InChI is InChI=1S/C10H11FO/c11-9-6-10(9,7-12)8-4-2-1-3-5-8/h1-5,9,12H,6-7H2. The molecule has 2 atom stereocenters. The fourth-order valence-electron chi connectivity index (χ4n) is 1.58. The van der Waals surface area contributed by atoms with Gasteiger partial charge >= 0.3 is 0 Å². The van der Waals surface area contributed by atoms with Crippen molar-refractivity contribution in [1.82, 2.24) is 0 Å². The summed E-state index contributed by atoms with van der Waals surface area (Å²) in [6.07, 6.45) is -0.391. The summed E-state index contributed by atoms with van der Waals surface area (Å²) in [5, 5.41) is 9.04. The molecule has 0 heterocycles. The predicted octanol–water partition coefficient (Wildman–Crippen LogP) is 1.66. The summed E-state index contributed by atoms with van der Waals surface area (Å²) in [4.78, 5) is 0. The molecule has 1 aromatic rings. The third kappa shape index (κ3) is 0.950. The van der Waals surface area contributed by atoms with Crippen molar-refractivity contribution in [3.63, 3.8) is 0 Å². The summed E-state index contributed by atoms with van der Waals surface area (Å²) in [6.45, 7) is -0.0851. The van der Waals surface area contributed by atoms with Gasteiger partial charge in [0.1, 0.15) is 6.17 Å². The molecule has 0 spiro atoms. The Hall–Kier alpha value is -0.890. The van der Waals surface area contributed by atoms with Crippen LogP contribution in [0.15, 0.2) is 30.3 Å². The highest BCUT2D eigenvalue weighted by atomic mass is 19.1. The second kappa shape index (κ2) is 2.56. The number of hydrogen-bond donors (Lipinski definition) is 1. The largest absolute Gasteiger partial charge is 0.395 e. The Morgan fingerprint density at radius 1 is 1.42 bits per heavy atom. The summed E-state index contributed by atoms with van der Waals surface area (Å²) in [6, 6.07) is 9.38. The number of alkyl halides is 1. The van der Waals surface area contributed by atoms with Crippen LogP contribution in [-0.2, 0) is 5.41 Å². The van der Waals surface area contributed by atoms with Gasteiger partial charge in [0.2, 0.25) is 0 Å². The van der Waals surface area contributed by atoms with Gasteiger partial charge in [-0.15, -0.1) is 0 Å². The molecule has 1 nitrogen and oxygen atoms in total. The van der Waals surface area contributed by atoms with Crippen molar-refractivity contribution >= 4 is 0 Å². The first-order valence-corrected chi connectivity index (χ1v) is 4.10. The van der Waals surface area contributed by atoms with Crippen LogP contribution in [0.3, 0.4) is 0 Å². The second-order valence-corrected chi connectivity index (χ2v) is 3.35. The maximum absolute atomic E-state index is 13.0. The third-order valence-electron chi connectivity index (χ3n) is 2.61. The van der Waals surface area contributed by atoms with E-state index in [0.717, 1.165) is 5.56 Å². The summed E-state index contributed by atoms with van der Waals surface area (Å²) in [5.74, 6) is 0. The molecular formula is C10H11FO. The Kier molecular flexibility index (Phi) is 1.65. The van der Waals surface area contributed by atoms with Crippen LogP contribution in [0.5, 0.6) is 0 Å². The molecule has 1 aromatic carbocycles. The van der Waals surface area contributed by atoms with Gasteiger partial charge in [0, 0.05) is 0 Å². The number of rotatable bonds is 2. The van der Waals surface area contributed by atoms with E-state index in [1.165, 1.54) is 0 Å². The van der Waals surface area contributed by atoms with Crippen LogP contribution in [0.1, 0.15) is 12.0 Å². The average molecular weight is 166 g/mol. The Morgan fingerprint density at radius 2 is 2.00 bits per heavy atom. The Morgan fingerprint density at radius 3 is 2.42 bits per heavy atom. The van der Waals surface area contributed by atoms with Crippen LogP contribution in [0.4, 0.5) is 4.39 Å². The fourth-order valence-corrected chi connectivity index (χ4v) is 1.58. The topological polar surface area (TPSA) is 20.2 Å². The van der Waals surface area contributed by atoms with Gasteiger partial charge < -0.3 is 5.11 Å². The van der Waals surface area contributed by atoms with E-state index in [4.69, 9.17) is 5.11 Å². The van der Waals surface area contributed by atoms with Gasteiger partial charge in [0.05, 0.1) is 12.0 Å². The van der Waals surface area contributed by atoms with Crippen LogP contribution in [-0.4, -0.2) is 17.9 Å². The van der Waals surface area contributed by atoms with Crippen molar-refractivity contribution in [2.45, 2.75) is 18.0 Å². The van der Waals surface area contributed by atoms with Gasteiger partial charge in [0.25, 0.3) is 0 Å². The van der Waals surface area contributed by atoms with E-state index in [-0.39, 0.29) is 6.61 Å². The van der Waals surface area contributed by atoms with Crippen LogP contribution in [0, 0.1) is 0 Å². The zero-order chi connectivity index (χ0) is 8.60. The first-order valence-electron chi connectivity index (χ1n) is 4.10. The zero-order valence-corrected chi connectivity index (χ0v) is 6.70. The second-order valence-electron chi connectivity index (χ2n) is 3.35. The van der Waals surface area contributed by atoms with Crippen LogP contribution >= 0.6 is 0 Å². The van der Waals surface area contributed by atoms with Gasteiger partial charge in [-0.1, -0.05) is 30.3 Å². The zero-order valence-electron chi connectivity index (χ0n) is 6.70. The lowest BCUT2D eigenvalue weighted by atomic mass is 9.97. The lowest BCUT2D eigenvalue weighted by Crippen LogP contribution is -2.15. The van der Waals surface area contributed by atoms with Crippen LogP contribution in [0.25, 0.3) is 0 Å². The summed E-state index contributed by atoms with van der Waals surface area (Å²) in [7, 11) is 0. The van der Waals surface area contributed by atoms with E-state index in [2.05, 4.69) is 0 Å². The van der Waals surface area contributed by atoms with Crippen molar-refractivity contribution in [3.05, 3.63) is 35.9 Å². The molecule has 2 heteroatoms. The smallest absolute Gasteiger partial charge is 0.113 e. The molecule has 1 fully saturated rings. The molecule has 64 valence electrons. The molecule has 1 saturated carbocycles. The third-order valence-corrected chi connectivity index (χ3v) is 2.61. The van der Waals surface area contributed by atoms with E-state index >= 15 is 0 Å². The maximum Gasteiger partial charge on any atom is 0.113 e. The number of halogens is 1. The molecule has 0 amide bonds. The Balaban J connectivity index is 2.31. The predicted molar refractivity (Wildman–Crippen MR) is 44.7 cm³/mol. The van der Waals surface area contributed by atoms with Gasteiger partial charge in [-0.25, -0.2) is 4.39 Å². The molecule has 2 unspecified atom stereocenters. The first-order chi connectivity index (χ1) is 5.79. The van der Waals surface area contributed by atoms with E-state index in [1.807, 2.05) is 30.3 Å². The molecule has 0 saturated heterocycles. The Labute approximate surface area is 70.8 Å². The highest BCUT2D eigenvalue weighted by Gasteiger charge is 2.55. The summed E-state index contributed by atoms with van der Waals surface area (Å²) < 4.78 is 13.0. The van der Waals surface area contributed by atoms with Crippen molar-refractivity contribution in [2.24, 2.45) is 0 Å². The van der Waals surface area contributed by atoms with Crippen molar-refractivity contribution in [1.29, 1.82) is 0 Å². The molecular weight excluding hydrogens is 155 g/mol. The van der Waals surface area contributed by atoms with Gasteiger partial charge in [-0.3, -0.25) is 0 Å². The quantitative estimate of drug-likeness (QED) is 0.708. The van der Waals surface area contributed by atoms with E-state index in [1.54, 1.807) is 0 Å². The normalized spacial score (nSPS) is 33.3. The van der Waals surface area contributed by atoms with Crippen LogP contribution < -0.4 is 0 Å². The molecule has 0 aliphatic heterocycles. The minimum atomic E-state index is -0.857. The number of benzene rings is 1. The monoisotopic (exact) mass is 166 g/mol. The molecule has 1 aliphatic carbocycles. The first kappa shape index (κ1) is 7.74. The fraction of sp³-hybridized carbons (Fsp3) is 0.400. The van der Waals surface area contributed by atoms with Crippen molar-refractivity contribution < 1.29 is 9.50 Å². The number of aliphatic hydroxyl groups is 1. The van der Waals surface area contributed by atoms with E-state index < -0.39 is 11.6 Å². The molecule has 0 aromatic heterocycles. The van der Waals surface area contributed by atoms with E-state index in [9.17, 15) is 4.39 Å². The molecule has 0 radical (unpaired) electrons. The van der Waals surface area contributed by atoms with E-state index in [0.29, 0.717) is 6.42 Å². The van der Waals surface area contributed by atoms with Gasteiger partial charge in [-0.2, -0.15) is 0 Å². The minimum absolute atomic E-state index is 0.0851. The SMILES string of the molecule is OCC1(c2ccccc2)CC1F. The number of aliphatic hydroxyl groups excluding tert-OH is 1. The lowest BCUT2D eigenvalue weighted by molar-refractivity contribution is 0.233. The molecule has 1 N–H and O–H groups in total. The molecule has 2 rings (SSSR count). The number of hydrogen-bond acceptors (Lipinski definition) is 1. The summed E-state index contributed by atoms with van der Waals surface area (Å²) in [5.41, 5.74) is 0.348. The molecule has 0 bridgehead atoms. The van der Waals surface area contributed by atoms with Crippen molar-refractivity contribution in [2.75, 3.05) is 6.61 Å². The molecule has 1 aliphatic rings. The summed E-state index contributed by atoms with van der Waals surface area (Å²) >= 11 is 0. The average Bonchev–Trinajstić information content (AvgIpc) is 2.80. The van der Waals surface area contributed by atoms with Gasteiger partial charge in [-0.05, 0) is 12.0 Å². The Bertz CT molecular complexity index is 268. The highest BCUT2D eigenvalue weighted by molar-refractivity contribution is 5.34. The van der Waals surface area contributed by atoms with Crippen molar-refractivity contribution in [3.8, 4) is 0 Å². The van der Waals surface area contributed by atoms with Gasteiger partial charge in [0.15, 0.2) is 0 Å².